The van der Waals surface area contributed by atoms with Crippen molar-refractivity contribution in [3.8, 4) is 11.8 Å². The molecule has 6 nitrogen and oxygen atoms in total. The van der Waals surface area contributed by atoms with Crippen LogP contribution in [0, 0.1) is 18.3 Å². The number of rotatable bonds is 7. The highest BCUT2D eigenvalue weighted by atomic mass is 16.5. The van der Waals surface area contributed by atoms with Gasteiger partial charge in [-0.1, -0.05) is 6.07 Å². The van der Waals surface area contributed by atoms with Crippen molar-refractivity contribution in [3.05, 3.63) is 47.7 Å². The first kappa shape index (κ1) is 17.5. The average molecular weight is 340 g/mol. The lowest BCUT2D eigenvalue weighted by Crippen LogP contribution is -2.35. The smallest absolute Gasteiger partial charge is 0.208 e. The zero-order chi connectivity index (χ0) is 17.6. The van der Waals surface area contributed by atoms with Gasteiger partial charge in [-0.2, -0.15) is 5.26 Å². The van der Waals surface area contributed by atoms with Crippen molar-refractivity contribution in [2.45, 2.75) is 25.9 Å². The van der Waals surface area contributed by atoms with E-state index in [-0.39, 0.29) is 0 Å². The summed E-state index contributed by atoms with van der Waals surface area (Å²) >= 11 is 0. The third kappa shape index (κ3) is 4.81. The van der Waals surface area contributed by atoms with Crippen molar-refractivity contribution in [1.82, 2.24) is 14.8 Å². The largest absolute Gasteiger partial charge is 0.492 e. The topological polar surface area (TPSA) is 65.5 Å². The molecule has 0 N–H and O–H groups in total. The van der Waals surface area contributed by atoms with Crippen LogP contribution in [0.2, 0.25) is 0 Å². The molecule has 1 aliphatic heterocycles. The molecule has 25 heavy (non-hydrogen) atoms. The van der Waals surface area contributed by atoms with Crippen molar-refractivity contribution in [2.75, 3.05) is 33.3 Å². The summed E-state index contributed by atoms with van der Waals surface area (Å²) in [5.41, 5.74) is 0.627. The summed E-state index contributed by atoms with van der Waals surface area (Å²) in [6.45, 7) is 6.27. The number of aryl methyl sites for hydroxylation is 1. The molecule has 2 heterocycles. The minimum Gasteiger partial charge on any atom is -0.492 e. The molecule has 0 saturated carbocycles. The van der Waals surface area contributed by atoms with Crippen molar-refractivity contribution in [2.24, 2.45) is 0 Å². The van der Waals surface area contributed by atoms with Crippen LogP contribution in [0.4, 0.5) is 0 Å². The van der Waals surface area contributed by atoms with E-state index >= 15 is 0 Å². The third-order valence-corrected chi connectivity index (χ3v) is 4.56. The standard InChI is InChI=1S/C19H24N4O2/c1-15-12-21-19(25-15)14-22(2)17-6-7-23(13-17)8-9-24-18-5-3-4-16(10-18)11-20/h3-5,10,12,17H,6-9,13-14H2,1-2H3/t17-/m0/s1. The molecule has 2 aromatic rings. The van der Waals surface area contributed by atoms with E-state index in [1.807, 2.05) is 19.1 Å². The zero-order valence-electron chi connectivity index (χ0n) is 14.8. The first-order valence-electron chi connectivity index (χ1n) is 8.61. The van der Waals surface area contributed by atoms with Gasteiger partial charge in [0, 0.05) is 19.1 Å². The van der Waals surface area contributed by atoms with E-state index in [1.54, 1.807) is 18.3 Å². The van der Waals surface area contributed by atoms with Gasteiger partial charge in [-0.3, -0.25) is 9.80 Å². The van der Waals surface area contributed by atoms with Gasteiger partial charge in [-0.15, -0.1) is 0 Å². The van der Waals surface area contributed by atoms with Gasteiger partial charge in [0.2, 0.25) is 5.89 Å². The second-order valence-corrected chi connectivity index (χ2v) is 6.51. The second-order valence-electron chi connectivity index (χ2n) is 6.51. The summed E-state index contributed by atoms with van der Waals surface area (Å²) in [6, 6.07) is 9.93. The summed E-state index contributed by atoms with van der Waals surface area (Å²) in [6.07, 6.45) is 2.91. The molecule has 0 amide bonds. The molecule has 6 heteroatoms. The maximum absolute atomic E-state index is 8.92. The average Bonchev–Trinajstić information content (AvgIpc) is 3.24. The normalized spacial score (nSPS) is 17.8. The van der Waals surface area contributed by atoms with Crippen molar-refractivity contribution in [3.63, 3.8) is 0 Å². The van der Waals surface area contributed by atoms with Gasteiger partial charge in [-0.25, -0.2) is 4.98 Å². The van der Waals surface area contributed by atoms with Crippen LogP contribution >= 0.6 is 0 Å². The molecule has 3 rings (SSSR count). The van der Waals surface area contributed by atoms with E-state index < -0.39 is 0 Å². The van der Waals surface area contributed by atoms with E-state index in [2.05, 4.69) is 27.9 Å². The Hall–Kier alpha value is -2.36. The number of benzene rings is 1. The molecular weight excluding hydrogens is 316 g/mol. The number of nitrogens with zero attached hydrogens (tertiary/aromatic N) is 4. The Balaban J connectivity index is 1.41. The van der Waals surface area contributed by atoms with Gasteiger partial charge in [0.1, 0.15) is 18.1 Å². The van der Waals surface area contributed by atoms with E-state index in [9.17, 15) is 0 Å². The predicted molar refractivity (Wildman–Crippen MR) is 94.2 cm³/mol. The fraction of sp³-hybridized carbons (Fsp3) is 0.474. The Morgan fingerprint density at radius 3 is 3.12 bits per heavy atom. The van der Waals surface area contributed by atoms with Crippen LogP contribution in [0.1, 0.15) is 23.6 Å². The molecule has 0 aliphatic carbocycles. The van der Waals surface area contributed by atoms with E-state index in [0.29, 0.717) is 18.2 Å². The number of likely N-dealkylation sites (N-methyl/N-ethyl adjacent to an activating group) is 1. The molecule has 132 valence electrons. The summed E-state index contributed by atoms with van der Waals surface area (Å²) in [7, 11) is 2.12. The van der Waals surface area contributed by atoms with Gasteiger partial charge < -0.3 is 9.15 Å². The second kappa shape index (κ2) is 8.15. The minimum absolute atomic E-state index is 0.508. The Kier molecular flexibility index (Phi) is 5.69. The van der Waals surface area contributed by atoms with E-state index in [0.717, 1.165) is 50.0 Å². The van der Waals surface area contributed by atoms with Crippen molar-refractivity contribution < 1.29 is 9.15 Å². The number of ether oxygens (including phenoxy) is 1. The zero-order valence-corrected chi connectivity index (χ0v) is 14.8. The molecule has 0 unspecified atom stereocenters. The molecular formula is C19H24N4O2. The van der Waals surface area contributed by atoms with Crippen LogP contribution in [0.15, 0.2) is 34.9 Å². The van der Waals surface area contributed by atoms with Gasteiger partial charge in [-0.05, 0) is 45.1 Å². The van der Waals surface area contributed by atoms with Crippen LogP contribution in [-0.4, -0.2) is 54.1 Å². The maximum atomic E-state index is 8.92. The van der Waals surface area contributed by atoms with Gasteiger partial charge in [0.15, 0.2) is 0 Å². The molecule has 1 atom stereocenters. The number of nitriles is 1. The molecule has 1 aromatic carbocycles. The molecule has 0 radical (unpaired) electrons. The van der Waals surface area contributed by atoms with Crippen LogP contribution in [-0.2, 0) is 6.54 Å². The van der Waals surface area contributed by atoms with Gasteiger partial charge in [0.05, 0.1) is 24.4 Å². The number of oxazole rings is 1. The van der Waals surface area contributed by atoms with E-state index in [1.165, 1.54) is 0 Å². The number of hydrogen-bond donors (Lipinski definition) is 0. The molecule has 1 aliphatic rings. The Morgan fingerprint density at radius 2 is 2.36 bits per heavy atom. The van der Waals surface area contributed by atoms with Crippen LogP contribution in [0.5, 0.6) is 5.75 Å². The van der Waals surface area contributed by atoms with Gasteiger partial charge >= 0.3 is 0 Å². The summed E-state index contributed by atoms with van der Waals surface area (Å²) in [5, 5.41) is 8.92. The summed E-state index contributed by atoms with van der Waals surface area (Å²) in [4.78, 5) is 9.00. The van der Waals surface area contributed by atoms with Crippen LogP contribution < -0.4 is 4.74 Å². The fourth-order valence-corrected chi connectivity index (χ4v) is 3.14. The lowest BCUT2D eigenvalue weighted by atomic mass is 10.2. The summed E-state index contributed by atoms with van der Waals surface area (Å²) in [5.74, 6) is 2.39. The molecule has 1 aromatic heterocycles. The maximum Gasteiger partial charge on any atom is 0.208 e. The predicted octanol–water partition coefficient (Wildman–Crippen LogP) is 2.44. The third-order valence-electron chi connectivity index (χ3n) is 4.56. The number of hydrogen-bond acceptors (Lipinski definition) is 6. The number of aromatic nitrogens is 1. The SMILES string of the molecule is Cc1cnc(CN(C)[C@H]2CCN(CCOc3cccc(C#N)c3)C2)o1. The lowest BCUT2D eigenvalue weighted by molar-refractivity contribution is 0.192. The molecule has 1 saturated heterocycles. The molecule has 1 fully saturated rings. The Morgan fingerprint density at radius 1 is 1.48 bits per heavy atom. The summed E-state index contributed by atoms with van der Waals surface area (Å²) < 4.78 is 11.3. The first-order valence-corrected chi connectivity index (χ1v) is 8.61. The molecule has 0 spiro atoms. The van der Waals surface area contributed by atoms with E-state index in [4.69, 9.17) is 14.4 Å². The number of likely N-dealkylation sites (tertiary alicyclic amines) is 1. The highest BCUT2D eigenvalue weighted by Gasteiger charge is 2.26. The quantitative estimate of drug-likeness (QED) is 0.771. The monoisotopic (exact) mass is 340 g/mol. The Labute approximate surface area is 148 Å². The van der Waals surface area contributed by atoms with Crippen molar-refractivity contribution >= 4 is 0 Å². The van der Waals surface area contributed by atoms with Gasteiger partial charge in [0.25, 0.3) is 0 Å². The highest BCUT2D eigenvalue weighted by molar-refractivity contribution is 5.36. The fourth-order valence-electron chi connectivity index (χ4n) is 3.14. The Bertz CT molecular complexity index is 737. The van der Waals surface area contributed by atoms with Crippen LogP contribution in [0.3, 0.4) is 0 Å². The van der Waals surface area contributed by atoms with Crippen molar-refractivity contribution in [1.29, 1.82) is 5.26 Å². The first-order chi connectivity index (χ1) is 12.1. The lowest BCUT2D eigenvalue weighted by Gasteiger charge is -2.23. The minimum atomic E-state index is 0.508. The highest BCUT2D eigenvalue weighted by Crippen LogP contribution is 2.17. The van der Waals surface area contributed by atoms with Crippen LogP contribution in [0.25, 0.3) is 0 Å². The molecule has 0 bridgehead atoms.